The smallest absolute Gasteiger partial charge is 0.183 e. The second kappa shape index (κ2) is 7.13. The van der Waals surface area contributed by atoms with Gasteiger partial charge in [-0.25, -0.2) is 0 Å². The summed E-state index contributed by atoms with van der Waals surface area (Å²) in [6.45, 7) is 15.0. The molecule has 3 aliphatic rings. The highest BCUT2D eigenvalue weighted by Crippen LogP contribution is 2.73. The molecule has 0 heterocycles. The van der Waals surface area contributed by atoms with Crippen LogP contribution in [0.5, 0.6) is 0 Å². The number of carbonyl (C=O) groups excluding carboxylic acids is 3. The van der Waals surface area contributed by atoms with E-state index in [1.165, 1.54) is 0 Å². The van der Waals surface area contributed by atoms with Gasteiger partial charge in [-0.2, -0.15) is 0 Å². The van der Waals surface area contributed by atoms with Crippen molar-refractivity contribution in [2.75, 3.05) is 0 Å². The van der Waals surface area contributed by atoms with Crippen LogP contribution in [-0.2, 0) is 14.4 Å². The van der Waals surface area contributed by atoms with Crippen LogP contribution in [0.25, 0.3) is 0 Å². The number of fused-ring (bicyclic) bond motifs is 1. The second-order valence-electron chi connectivity index (χ2n) is 11.6. The minimum absolute atomic E-state index is 0.161. The fourth-order valence-electron chi connectivity index (χ4n) is 6.76. The minimum atomic E-state index is -1.31. The largest absolute Gasteiger partial charge is 0.510 e. The Morgan fingerprint density at radius 1 is 1.23 bits per heavy atom. The number of hydrogen-bond acceptors (Lipinski definition) is 5. The van der Waals surface area contributed by atoms with E-state index in [1.807, 2.05) is 40.7 Å². The summed E-state index contributed by atoms with van der Waals surface area (Å²) in [4.78, 5) is 41.1. The van der Waals surface area contributed by atoms with Gasteiger partial charge in [-0.05, 0) is 70.6 Å². The summed E-state index contributed by atoms with van der Waals surface area (Å²) in [6, 6.07) is 0. The Morgan fingerprint density at radius 2 is 1.81 bits per heavy atom. The molecule has 3 rings (SSSR count). The molecule has 5 nitrogen and oxygen atoms in total. The molecular weight excluding hydrogens is 392 g/mol. The molecule has 0 aromatic rings. The Labute approximate surface area is 186 Å². The van der Waals surface area contributed by atoms with E-state index in [9.17, 15) is 24.6 Å². The molecule has 2 N–H and O–H groups in total. The number of aliphatic hydroxyl groups excluding tert-OH is 1. The Balaban J connectivity index is 2.31. The molecule has 172 valence electrons. The van der Waals surface area contributed by atoms with E-state index in [1.54, 1.807) is 20.8 Å². The van der Waals surface area contributed by atoms with E-state index in [0.29, 0.717) is 12.8 Å². The quantitative estimate of drug-likeness (QED) is 0.361. The molecule has 5 heteroatoms. The van der Waals surface area contributed by atoms with Crippen LogP contribution in [0.3, 0.4) is 0 Å². The molecule has 1 spiro atoms. The standard InChI is InChI=1S/C26H38O5/c1-9-15(4)19(27)18-20(28)25(11-10-14(2)3)12-17-23(5,6)16(24(7,8)31)13-26(17,21(18)29)22(25)30/h10,15-17,29,31H,9,11-13H2,1-8H3/t15?,16-,17-,25?,26+/m0/s1. The predicted octanol–water partition coefficient (Wildman–Crippen LogP) is 4.73. The van der Waals surface area contributed by atoms with Crippen LogP contribution in [0.4, 0.5) is 0 Å². The summed E-state index contributed by atoms with van der Waals surface area (Å²) in [5, 5.41) is 22.4. The lowest BCUT2D eigenvalue weighted by Gasteiger charge is -2.40. The third kappa shape index (κ3) is 3.02. The first-order valence-electron chi connectivity index (χ1n) is 11.5. The first kappa shape index (κ1) is 23.9. The molecule has 2 bridgehead atoms. The van der Waals surface area contributed by atoms with Crippen molar-refractivity contribution in [2.45, 2.75) is 86.7 Å². The van der Waals surface area contributed by atoms with Gasteiger partial charge in [-0.3, -0.25) is 14.4 Å². The van der Waals surface area contributed by atoms with Crippen LogP contribution in [0.15, 0.2) is 23.0 Å². The monoisotopic (exact) mass is 430 g/mol. The van der Waals surface area contributed by atoms with Crippen molar-refractivity contribution >= 4 is 17.3 Å². The molecule has 0 radical (unpaired) electrons. The Bertz CT molecular complexity index is 895. The fourth-order valence-corrected chi connectivity index (χ4v) is 6.76. The zero-order chi connectivity index (χ0) is 23.7. The maximum atomic E-state index is 14.1. The molecule has 31 heavy (non-hydrogen) atoms. The lowest BCUT2D eigenvalue weighted by atomic mass is 9.62. The SMILES string of the molecule is CCC(C)C(=O)C1=C(O)[C@@]23C[C@H](C(C)(C)O)C(C)(C)[C@@H]2CC(CC=C(C)C)(C1=O)C3=O. The Hall–Kier alpha value is -1.75. The summed E-state index contributed by atoms with van der Waals surface area (Å²) in [5.41, 5.74) is -3.31. The summed E-state index contributed by atoms with van der Waals surface area (Å²) in [5.74, 6) is -2.46. The van der Waals surface area contributed by atoms with E-state index in [0.717, 1.165) is 5.57 Å². The number of rotatable bonds is 6. The number of carbonyl (C=O) groups is 3. The second-order valence-corrected chi connectivity index (χ2v) is 11.6. The Morgan fingerprint density at radius 3 is 2.29 bits per heavy atom. The van der Waals surface area contributed by atoms with Gasteiger partial charge in [0.15, 0.2) is 17.3 Å². The van der Waals surface area contributed by atoms with Gasteiger partial charge in [0, 0.05) is 5.92 Å². The first-order valence-corrected chi connectivity index (χ1v) is 11.5. The topological polar surface area (TPSA) is 91.7 Å². The van der Waals surface area contributed by atoms with Gasteiger partial charge < -0.3 is 10.2 Å². The predicted molar refractivity (Wildman–Crippen MR) is 119 cm³/mol. The van der Waals surface area contributed by atoms with Crippen LogP contribution in [-0.4, -0.2) is 33.2 Å². The zero-order valence-electron chi connectivity index (χ0n) is 20.3. The Kier molecular flexibility index (Phi) is 5.50. The van der Waals surface area contributed by atoms with Gasteiger partial charge in [0.1, 0.15) is 11.3 Å². The van der Waals surface area contributed by atoms with Crippen molar-refractivity contribution in [2.24, 2.45) is 34.0 Å². The highest BCUT2D eigenvalue weighted by molar-refractivity contribution is 6.32. The summed E-state index contributed by atoms with van der Waals surface area (Å²) >= 11 is 0. The van der Waals surface area contributed by atoms with E-state index in [4.69, 9.17) is 0 Å². The van der Waals surface area contributed by atoms with Crippen molar-refractivity contribution in [3.63, 3.8) is 0 Å². The average molecular weight is 431 g/mol. The summed E-state index contributed by atoms with van der Waals surface area (Å²) < 4.78 is 0. The van der Waals surface area contributed by atoms with Crippen molar-refractivity contribution in [1.29, 1.82) is 0 Å². The van der Waals surface area contributed by atoms with Gasteiger partial charge in [0.2, 0.25) is 0 Å². The molecule has 0 amide bonds. The highest BCUT2D eigenvalue weighted by Gasteiger charge is 2.78. The van der Waals surface area contributed by atoms with Crippen molar-refractivity contribution in [1.82, 2.24) is 0 Å². The number of Topliss-reactive ketones (excluding diaryl/α,β-unsaturated/α-hetero) is 3. The van der Waals surface area contributed by atoms with Gasteiger partial charge in [0.05, 0.1) is 16.4 Å². The lowest BCUT2D eigenvalue weighted by molar-refractivity contribution is -0.144. The number of ketones is 3. The zero-order valence-corrected chi connectivity index (χ0v) is 20.3. The molecule has 0 aliphatic heterocycles. The molecule has 0 aromatic heterocycles. The van der Waals surface area contributed by atoms with Gasteiger partial charge in [0.25, 0.3) is 0 Å². The molecule has 2 unspecified atom stereocenters. The van der Waals surface area contributed by atoms with E-state index < -0.39 is 33.5 Å². The molecule has 5 atom stereocenters. The van der Waals surface area contributed by atoms with Crippen LogP contribution >= 0.6 is 0 Å². The third-order valence-electron chi connectivity index (χ3n) is 8.65. The van der Waals surface area contributed by atoms with Gasteiger partial charge >= 0.3 is 0 Å². The normalized spacial score (nSPS) is 35.3. The first-order chi connectivity index (χ1) is 14.1. The average Bonchev–Trinajstić information content (AvgIpc) is 3.03. The number of allylic oxidation sites excluding steroid dienone is 4. The minimum Gasteiger partial charge on any atom is -0.510 e. The fraction of sp³-hybridized carbons (Fsp3) is 0.731. The molecule has 3 aliphatic carbocycles. The number of hydrogen-bond donors (Lipinski definition) is 2. The van der Waals surface area contributed by atoms with Crippen molar-refractivity contribution < 1.29 is 24.6 Å². The summed E-state index contributed by atoms with van der Waals surface area (Å²) in [7, 11) is 0. The number of aliphatic hydroxyl groups is 2. The van der Waals surface area contributed by atoms with Crippen LogP contribution < -0.4 is 0 Å². The maximum absolute atomic E-state index is 14.1. The van der Waals surface area contributed by atoms with Gasteiger partial charge in [-0.15, -0.1) is 0 Å². The van der Waals surface area contributed by atoms with Crippen LogP contribution in [0.2, 0.25) is 0 Å². The maximum Gasteiger partial charge on any atom is 0.183 e. The molecule has 2 fully saturated rings. The van der Waals surface area contributed by atoms with E-state index in [-0.39, 0.29) is 47.6 Å². The third-order valence-corrected chi connectivity index (χ3v) is 8.65. The highest BCUT2D eigenvalue weighted by atomic mass is 16.3. The van der Waals surface area contributed by atoms with Gasteiger partial charge in [-0.1, -0.05) is 39.3 Å². The van der Waals surface area contributed by atoms with E-state index >= 15 is 0 Å². The van der Waals surface area contributed by atoms with E-state index in [2.05, 4.69) is 0 Å². The van der Waals surface area contributed by atoms with Crippen molar-refractivity contribution in [3.8, 4) is 0 Å². The summed E-state index contributed by atoms with van der Waals surface area (Å²) in [6.07, 6.45) is 3.25. The molecular formula is C26H38O5. The van der Waals surface area contributed by atoms with Crippen LogP contribution in [0, 0.1) is 34.0 Å². The molecule has 0 aromatic carbocycles. The lowest BCUT2D eigenvalue weighted by Crippen LogP contribution is -2.50. The van der Waals surface area contributed by atoms with Crippen molar-refractivity contribution in [3.05, 3.63) is 23.0 Å². The van der Waals surface area contributed by atoms with Crippen LogP contribution in [0.1, 0.15) is 81.1 Å². The molecule has 2 saturated carbocycles. The molecule has 0 saturated heterocycles.